The van der Waals surface area contributed by atoms with Crippen LogP contribution in [0, 0.1) is 11.3 Å². The molecule has 0 bridgehead atoms. The normalized spacial score (nSPS) is 12.8. The van der Waals surface area contributed by atoms with Gasteiger partial charge in [-0.25, -0.2) is 15.0 Å². The zero-order valence-electron chi connectivity index (χ0n) is 29.7. The molecule has 0 unspecified atom stereocenters. The van der Waals surface area contributed by atoms with Crippen molar-refractivity contribution in [2.75, 3.05) is 0 Å². The van der Waals surface area contributed by atoms with Crippen LogP contribution in [0.25, 0.3) is 87.7 Å². The zero-order valence-corrected chi connectivity index (χ0v) is 30.5. The molecule has 0 atom stereocenters. The van der Waals surface area contributed by atoms with Gasteiger partial charge in [0, 0.05) is 42.3 Å². The molecule has 0 amide bonds. The van der Waals surface area contributed by atoms with Gasteiger partial charge in [0.05, 0.1) is 11.6 Å². The summed E-state index contributed by atoms with van der Waals surface area (Å²) in [4.78, 5) is 14.9. The lowest BCUT2D eigenvalue weighted by molar-refractivity contribution is 0.660. The van der Waals surface area contributed by atoms with E-state index in [4.69, 9.17) is 15.0 Å². The Hall–Kier alpha value is -6.74. The largest absolute Gasteiger partial charge is 0.208 e. The molecule has 9 aromatic rings. The molecule has 0 fully saturated rings. The van der Waals surface area contributed by atoms with Crippen molar-refractivity contribution >= 4 is 31.5 Å². The Labute approximate surface area is 317 Å². The molecule has 10 rings (SSSR count). The Morgan fingerprint density at radius 3 is 1.65 bits per heavy atom. The van der Waals surface area contributed by atoms with Crippen LogP contribution in [0.15, 0.2) is 158 Å². The maximum Gasteiger partial charge on any atom is 0.164 e. The summed E-state index contributed by atoms with van der Waals surface area (Å²) in [6, 6.07) is 57.5. The molecule has 1 aliphatic carbocycles. The van der Waals surface area contributed by atoms with Crippen LogP contribution in [0.5, 0.6) is 0 Å². The molecule has 0 radical (unpaired) electrons. The van der Waals surface area contributed by atoms with Gasteiger partial charge in [0.2, 0.25) is 0 Å². The third-order valence-corrected chi connectivity index (χ3v) is 11.9. The van der Waals surface area contributed by atoms with Crippen LogP contribution in [-0.4, -0.2) is 15.0 Å². The summed E-state index contributed by atoms with van der Waals surface area (Å²) in [6.07, 6.45) is 0. The van der Waals surface area contributed by atoms with Gasteiger partial charge in [0.15, 0.2) is 17.5 Å². The van der Waals surface area contributed by atoms with Crippen molar-refractivity contribution in [3.63, 3.8) is 0 Å². The Balaban J connectivity index is 1.14. The molecule has 4 nitrogen and oxygen atoms in total. The number of thiophene rings is 1. The predicted octanol–water partition coefficient (Wildman–Crippen LogP) is 12.8. The van der Waals surface area contributed by atoms with Crippen LogP contribution >= 0.6 is 11.3 Å². The monoisotopic (exact) mass is 708 g/mol. The van der Waals surface area contributed by atoms with Crippen LogP contribution in [0.2, 0.25) is 0 Å². The summed E-state index contributed by atoms with van der Waals surface area (Å²) in [5.74, 6) is 1.92. The van der Waals surface area contributed by atoms with Crippen molar-refractivity contribution in [2.45, 2.75) is 19.3 Å². The minimum atomic E-state index is -0.240. The molecule has 2 heterocycles. The van der Waals surface area contributed by atoms with Gasteiger partial charge in [-0.1, -0.05) is 141 Å². The summed E-state index contributed by atoms with van der Waals surface area (Å²) in [5.41, 5.74) is 12.9. The fourth-order valence-corrected chi connectivity index (χ4v) is 9.17. The van der Waals surface area contributed by atoms with Gasteiger partial charge < -0.3 is 0 Å². The number of hydrogen-bond acceptors (Lipinski definition) is 5. The van der Waals surface area contributed by atoms with E-state index >= 15 is 0 Å². The first-order chi connectivity index (χ1) is 26.5. The van der Waals surface area contributed by atoms with Crippen LogP contribution in [0.3, 0.4) is 0 Å². The molecule has 0 N–H and O–H groups in total. The molecule has 54 heavy (non-hydrogen) atoms. The number of benzene rings is 7. The van der Waals surface area contributed by atoms with Gasteiger partial charge in [-0.15, -0.1) is 11.3 Å². The fraction of sp³-hybridized carbons (Fsp3) is 0.0612. The van der Waals surface area contributed by atoms with E-state index < -0.39 is 0 Å². The molecular weight excluding hydrogens is 677 g/mol. The van der Waals surface area contributed by atoms with E-state index in [0.29, 0.717) is 23.0 Å². The first-order valence-corrected chi connectivity index (χ1v) is 18.9. The molecule has 0 spiro atoms. The van der Waals surface area contributed by atoms with Crippen molar-refractivity contribution in [1.29, 1.82) is 5.26 Å². The maximum atomic E-state index is 9.67. The molecule has 0 saturated heterocycles. The van der Waals surface area contributed by atoms with Crippen molar-refractivity contribution < 1.29 is 0 Å². The van der Waals surface area contributed by atoms with Gasteiger partial charge in [-0.05, 0) is 74.8 Å². The average Bonchev–Trinajstić information content (AvgIpc) is 3.72. The minimum absolute atomic E-state index is 0.240. The predicted molar refractivity (Wildman–Crippen MR) is 222 cm³/mol. The molecule has 1 aliphatic rings. The van der Waals surface area contributed by atoms with Crippen molar-refractivity contribution in [1.82, 2.24) is 15.0 Å². The lowest BCUT2D eigenvalue weighted by Crippen LogP contribution is -2.15. The van der Waals surface area contributed by atoms with E-state index in [2.05, 4.69) is 111 Å². The highest BCUT2D eigenvalue weighted by atomic mass is 32.1. The average molecular weight is 709 g/mol. The molecule has 5 heteroatoms. The van der Waals surface area contributed by atoms with Gasteiger partial charge in [0.1, 0.15) is 0 Å². The molecule has 2 aromatic heterocycles. The number of nitriles is 1. The minimum Gasteiger partial charge on any atom is -0.208 e. The van der Waals surface area contributed by atoms with E-state index in [9.17, 15) is 5.26 Å². The Morgan fingerprint density at radius 2 is 1.00 bits per heavy atom. The van der Waals surface area contributed by atoms with E-state index in [0.717, 1.165) is 22.3 Å². The Morgan fingerprint density at radius 1 is 0.481 bits per heavy atom. The number of fused-ring (bicyclic) bond motifs is 6. The molecule has 0 saturated carbocycles. The molecule has 7 aromatic carbocycles. The highest BCUT2D eigenvalue weighted by Gasteiger charge is 2.36. The number of aromatic nitrogens is 3. The lowest BCUT2D eigenvalue weighted by atomic mass is 9.80. The number of nitrogens with zero attached hydrogens (tertiary/aromatic N) is 4. The van der Waals surface area contributed by atoms with Crippen molar-refractivity contribution in [2.24, 2.45) is 0 Å². The summed E-state index contributed by atoms with van der Waals surface area (Å²) in [7, 11) is 0. The second kappa shape index (κ2) is 12.4. The SMILES string of the molecule is CC1(C)c2cc(C#N)ccc2-c2ccc(-c3ccc4sc5ccccc5c4c3-c3ccc(-c4nc(-c5ccccc5)nc(-c5ccccc5)n4)cc3)cc21. The van der Waals surface area contributed by atoms with Crippen LogP contribution in [0.1, 0.15) is 30.5 Å². The van der Waals surface area contributed by atoms with Crippen molar-refractivity contribution in [3.05, 3.63) is 174 Å². The Kier molecular flexibility index (Phi) is 7.36. The van der Waals surface area contributed by atoms with E-state index in [1.165, 1.54) is 59.1 Å². The third kappa shape index (κ3) is 5.15. The summed E-state index contributed by atoms with van der Waals surface area (Å²) < 4.78 is 2.53. The van der Waals surface area contributed by atoms with Gasteiger partial charge in [0.25, 0.3) is 0 Å². The first-order valence-electron chi connectivity index (χ1n) is 18.1. The molecule has 254 valence electrons. The Bertz CT molecular complexity index is 2900. The van der Waals surface area contributed by atoms with Crippen molar-refractivity contribution in [3.8, 4) is 73.6 Å². The van der Waals surface area contributed by atoms with Crippen LogP contribution in [0.4, 0.5) is 0 Å². The second-order valence-corrected chi connectivity index (χ2v) is 15.4. The smallest absolute Gasteiger partial charge is 0.164 e. The topological polar surface area (TPSA) is 62.5 Å². The summed E-state index contributed by atoms with van der Waals surface area (Å²) >= 11 is 1.84. The number of rotatable bonds is 5. The van der Waals surface area contributed by atoms with E-state index in [1.807, 2.05) is 78.1 Å². The fourth-order valence-electron chi connectivity index (χ4n) is 8.06. The molecular formula is C49H32N4S. The van der Waals surface area contributed by atoms with Crippen LogP contribution < -0.4 is 0 Å². The van der Waals surface area contributed by atoms with Crippen LogP contribution in [-0.2, 0) is 5.41 Å². The second-order valence-electron chi connectivity index (χ2n) is 14.3. The van der Waals surface area contributed by atoms with E-state index in [-0.39, 0.29) is 5.41 Å². The standard InChI is InChI=1S/C49H32N4S/c1-49(2)40-27-30(29-50)17-23-37(40)38-24-22-35(28-41(38)49)36-25-26-43-45(39-15-9-10-16-42(39)54-43)44(36)31-18-20-34(21-19-31)48-52-46(32-11-5-3-6-12-32)51-47(53-48)33-13-7-4-8-14-33/h3-28H,1-2H3. The first kappa shape index (κ1) is 32.0. The summed E-state index contributed by atoms with van der Waals surface area (Å²) in [6.45, 7) is 4.54. The highest BCUT2D eigenvalue weighted by molar-refractivity contribution is 7.26. The maximum absolute atomic E-state index is 9.67. The number of hydrogen-bond donors (Lipinski definition) is 0. The van der Waals surface area contributed by atoms with E-state index in [1.54, 1.807) is 0 Å². The highest BCUT2D eigenvalue weighted by Crippen LogP contribution is 2.51. The quantitative estimate of drug-likeness (QED) is 0.179. The van der Waals surface area contributed by atoms with Gasteiger partial charge in [-0.2, -0.15) is 5.26 Å². The lowest BCUT2D eigenvalue weighted by Gasteiger charge is -2.22. The van der Waals surface area contributed by atoms with Gasteiger partial charge in [-0.3, -0.25) is 0 Å². The molecule has 0 aliphatic heterocycles. The third-order valence-electron chi connectivity index (χ3n) is 10.8. The zero-order chi connectivity index (χ0) is 36.4. The van der Waals surface area contributed by atoms with Gasteiger partial charge >= 0.3 is 0 Å². The summed E-state index contributed by atoms with van der Waals surface area (Å²) in [5, 5.41) is 12.2.